The van der Waals surface area contributed by atoms with Crippen LogP contribution in [0.5, 0.6) is 5.75 Å². The number of nitrogens with zero attached hydrogens (tertiary/aromatic N) is 2. The third-order valence-electron chi connectivity index (χ3n) is 4.64. The van der Waals surface area contributed by atoms with Gasteiger partial charge in [-0.15, -0.1) is 0 Å². The topological polar surface area (TPSA) is 70.1 Å². The lowest BCUT2D eigenvalue weighted by atomic mass is 10.1. The quantitative estimate of drug-likeness (QED) is 0.873. The molecule has 1 unspecified atom stereocenters. The number of piperazine rings is 1. The Labute approximate surface area is 162 Å². The van der Waals surface area contributed by atoms with Crippen LogP contribution in [-0.2, 0) is 4.79 Å². The van der Waals surface area contributed by atoms with E-state index in [0.29, 0.717) is 48.1 Å². The molecule has 2 aromatic rings. The molecule has 0 radical (unpaired) electrons. The molecule has 1 aliphatic heterocycles. The van der Waals surface area contributed by atoms with E-state index in [-0.39, 0.29) is 11.8 Å². The summed E-state index contributed by atoms with van der Waals surface area (Å²) in [5, 5.41) is 10.9. The van der Waals surface area contributed by atoms with Crippen molar-refractivity contribution in [3.8, 4) is 5.75 Å². The van der Waals surface area contributed by atoms with Crippen LogP contribution in [0.25, 0.3) is 0 Å². The van der Waals surface area contributed by atoms with E-state index in [1.54, 1.807) is 65.4 Å². The fourth-order valence-electron chi connectivity index (χ4n) is 3.01. The zero-order valence-electron chi connectivity index (χ0n) is 15.0. The highest BCUT2D eigenvalue weighted by atomic mass is 35.5. The summed E-state index contributed by atoms with van der Waals surface area (Å²) in [6.45, 7) is 1.60. The van der Waals surface area contributed by atoms with Crippen LogP contribution in [0.3, 0.4) is 0 Å². The minimum absolute atomic E-state index is 0.0806. The Balaban J connectivity index is 1.58. The van der Waals surface area contributed by atoms with Crippen LogP contribution in [0.1, 0.15) is 22.0 Å². The van der Waals surface area contributed by atoms with E-state index in [9.17, 15) is 14.7 Å². The highest BCUT2D eigenvalue weighted by Crippen LogP contribution is 2.20. The lowest BCUT2D eigenvalue weighted by Crippen LogP contribution is -2.51. The fraction of sp³-hybridized carbons (Fsp3) is 0.300. The van der Waals surface area contributed by atoms with Crippen molar-refractivity contribution in [3.05, 3.63) is 64.7 Å². The van der Waals surface area contributed by atoms with E-state index in [4.69, 9.17) is 16.3 Å². The van der Waals surface area contributed by atoms with Gasteiger partial charge in [-0.3, -0.25) is 9.59 Å². The summed E-state index contributed by atoms with van der Waals surface area (Å²) < 4.78 is 5.10. The van der Waals surface area contributed by atoms with Crippen LogP contribution in [0.15, 0.2) is 48.5 Å². The first kappa shape index (κ1) is 19.2. The van der Waals surface area contributed by atoms with Gasteiger partial charge in [0.05, 0.1) is 7.11 Å². The summed E-state index contributed by atoms with van der Waals surface area (Å²) in [4.78, 5) is 28.4. The molecule has 2 aromatic carbocycles. The van der Waals surface area contributed by atoms with Crippen LogP contribution in [0.4, 0.5) is 0 Å². The Morgan fingerprint density at radius 3 is 2.07 bits per heavy atom. The minimum atomic E-state index is -1.23. The molecular formula is C20H21ClN2O4. The molecule has 6 nitrogen and oxygen atoms in total. The molecule has 0 bridgehead atoms. The molecule has 1 saturated heterocycles. The maximum atomic E-state index is 12.6. The summed E-state index contributed by atoms with van der Waals surface area (Å²) in [6.07, 6.45) is -1.23. The second-order valence-corrected chi connectivity index (χ2v) is 6.74. The van der Waals surface area contributed by atoms with Crippen LogP contribution < -0.4 is 4.74 Å². The van der Waals surface area contributed by atoms with Crippen molar-refractivity contribution in [3.63, 3.8) is 0 Å². The van der Waals surface area contributed by atoms with E-state index in [1.165, 1.54) is 0 Å². The SMILES string of the molecule is COc1ccc(C(=O)N2CCN(C(=O)C(O)c3ccc(Cl)cc3)CC2)cc1. The summed E-state index contributed by atoms with van der Waals surface area (Å²) >= 11 is 5.84. The van der Waals surface area contributed by atoms with Gasteiger partial charge in [-0.25, -0.2) is 0 Å². The van der Waals surface area contributed by atoms with Crippen LogP contribution in [-0.4, -0.2) is 60.0 Å². The number of ether oxygens (including phenoxy) is 1. The number of hydrogen-bond acceptors (Lipinski definition) is 4. The van der Waals surface area contributed by atoms with Crippen molar-refractivity contribution >= 4 is 23.4 Å². The number of aliphatic hydroxyl groups excluding tert-OH is 1. The van der Waals surface area contributed by atoms with E-state index < -0.39 is 6.10 Å². The first-order valence-corrected chi connectivity index (χ1v) is 9.03. The summed E-state index contributed by atoms with van der Waals surface area (Å²) in [7, 11) is 1.57. The van der Waals surface area contributed by atoms with Gasteiger partial charge in [0.1, 0.15) is 5.75 Å². The van der Waals surface area contributed by atoms with Crippen LogP contribution in [0, 0.1) is 0 Å². The molecule has 1 atom stereocenters. The third-order valence-corrected chi connectivity index (χ3v) is 4.89. The highest BCUT2D eigenvalue weighted by molar-refractivity contribution is 6.30. The number of methoxy groups -OCH3 is 1. The number of carbonyl (C=O) groups is 2. The third kappa shape index (κ3) is 4.40. The maximum absolute atomic E-state index is 12.6. The van der Waals surface area contributed by atoms with Gasteiger partial charge in [0.15, 0.2) is 6.10 Å². The average Bonchev–Trinajstić information content (AvgIpc) is 2.73. The Bertz CT molecular complexity index is 800. The molecule has 27 heavy (non-hydrogen) atoms. The maximum Gasteiger partial charge on any atom is 0.256 e. The number of amides is 2. The molecule has 0 spiro atoms. The van der Waals surface area contributed by atoms with Crippen molar-refractivity contribution in [1.82, 2.24) is 9.80 Å². The zero-order valence-corrected chi connectivity index (χ0v) is 15.7. The molecule has 2 amide bonds. The average molecular weight is 389 g/mol. The molecular weight excluding hydrogens is 368 g/mol. The number of aliphatic hydroxyl groups is 1. The lowest BCUT2D eigenvalue weighted by molar-refractivity contribution is -0.142. The predicted molar refractivity (Wildman–Crippen MR) is 102 cm³/mol. The van der Waals surface area contributed by atoms with Gasteiger partial charge in [0.25, 0.3) is 11.8 Å². The highest BCUT2D eigenvalue weighted by Gasteiger charge is 2.29. The number of halogens is 1. The van der Waals surface area contributed by atoms with E-state index in [0.717, 1.165) is 0 Å². The van der Waals surface area contributed by atoms with E-state index in [1.807, 2.05) is 0 Å². The van der Waals surface area contributed by atoms with E-state index >= 15 is 0 Å². The summed E-state index contributed by atoms with van der Waals surface area (Å²) in [5.74, 6) is 0.245. The first-order valence-electron chi connectivity index (χ1n) is 8.65. The molecule has 0 saturated carbocycles. The summed E-state index contributed by atoms with van der Waals surface area (Å²) in [5.41, 5.74) is 1.08. The van der Waals surface area contributed by atoms with Gasteiger partial charge in [0, 0.05) is 36.8 Å². The van der Waals surface area contributed by atoms with Gasteiger partial charge < -0.3 is 19.6 Å². The molecule has 3 rings (SSSR count). The smallest absolute Gasteiger partial charge is 0.256 e. The Hall–Kier alpha value is -2.57. The minimum Gasteiger partial charge on any atom is -0.497 e. The van der Waals surface area contributed by atoms with Crippen molar-refractivity contribution < 1.29 is 19.4 Å². The molecule has 1 fully saturated rings. The molecule has 142 valence electrons. The number of hydrogen-bond donors (Lipinski definition) is 1. The van der Waals surface area contributed by atoms with Crippen molar-refractivity contribution in [2.45, 2.75) is 6.10 Å². The lowest BCUT2D eigenvalue weighted by Gasteiger charge is -2.35. The second-order valence-electron chi connectivity index (χ2n) is 6.30. The Kier molecular flexibility index (Phi) is 5.98. The van der Waals surface area contributed by atoms with Gasteiger partial charge in [-0.05, 0) is 42.0 Å². The second kappa shape index (κ2) is 8.41. The summed E-state index contributed by atoms with van der Waals surface area (Å²) in [6, 6.07) is 13.5. The standard InChI is InChI=1S/C20H21ClN2O4/c1-27-17-8-4-15(5-9-17)19(25)22-10-12-23(13-11-22)20(26)18(24)14-2-6-16(21)7-3-14/h2-9,18,24H,10-13H2,1H3. The first-order chi connectivity index (χ1) is 13.0. The Morgan fingerprint density at radius 1 is 0.963 bits per heavy atom. The largest absolute Gasteiger partial charge is 0.497 e. The fourth-order valence-corrected chi connectivity index (χ4v) is 3.13. The van der Waals surface area contributed by atoms with Gasteiger partial charge in [-0.2, -0.15) is 0 Å². The Morgan fingerprint density at radius 2 is 1.52 bits per heavy atom. The molecule has 0 aliphatic carbocycles. The van der Waals surface area contributed by atoms with Gasteiger partial charge in [-0.1, -0.05) is 23.7 Å². The van der Waals surface area contributed by atoms with Crippen molar-refractivity contribution in [1.29, 1.82) is 0 Å². The molecule has 1 aliphatic rings. The normalized spacial score (nSPS) is 15.4. The molecule has 7 heteroatoms. The van der Waals surface area contributed by atoms with Gasteiger partial charge >= 0.3 is 0 Å². The van der Waals surface area contributed by atoms with Crippen molar-refractivity contribution in [2.24, 2.45) is 0 Å². The van der Waals surface area contributed by atoms with E-state index in [2.05, 4.69) is 0 Å². The molecule has 1 heterocycles. The number of carbonyl (C=O) groups excluding carboxylic acids is 2. The molecule has 0 aromatic heterocycles. The predicted octanol–water partition coefficient (Wildman–Crippen LogP) is 2.37. The number of benzene rings is 2. The number of rotatable bonds is 4. The van der Waals surface area contributed by atoms with Gasteiger partial charge in [0.2, 0.25) is 0 Å². The monoisotopic (exact) mass is 388 g/mol. The van der Waals surface area contributed by atoms with Crippen LogP contribution in [0.2, 0.25) is 5.02 Å². The molecule has 1 N–H and O–H groups in total. The van der Waals surface area contributed by atoms with Crippen LogP contribution >= 0.6 is 11.6 Å². The zero-order chi connectivity index (χ0) is 19.4. The van der Waals surface area contributed by atoms with Crippen molar-refractivity contribution in [2.75, 3.05) is 33.3 Å².